The van der Waals surface area contributed by atoms with Crippen molar-refractivity contribution in [2.75, 3.05) is 5.75 Å². The molecule has 2 aliphatic heterocycles. The van der Waals surface area contributed by atoms with Gasteiger partial charge in [-0.15, -0.1) is 11.8 Å². The molecule has 9 heteroatoms. The van der Waals surface area contributed by atoms with Crippen LogP contribution in [0.5, 0.6) is 0 Å². The molecule has 2 aliphatic rings. The van der Waals surface area contributed by atoms with E-state index in [9.17, 15) is 28.3 Å². The summed E-state index contributed by atoms with van der Waals surface area (Å²) < 4.78 is 26.0. The third-order valence-electron chi connectivity index (χ3n) is 3.99. The van der Waals surface area contributed by atoms with Crippen molar-refractivity contribution in [2.24, 2.45) is 0 Å². The first kappa shape index (κ1) is 17.4. The lowest BCUT2D eigenvalue weighted by molar-refractivity contribution is -0.150. The van der Waals surface area contributed by atoms with Crippen LogP contribution in [0.25, 0.3) is 0 Å². The number of benzene rings is 1. The van der Waals surface area contributed by atoms with Crippen molar-refractivity contribution in [2.45, 2.75) is 24.3 Å². The van der Waals surface area contributed by atoms with Gasteiger partial charge in [0.1, 0.15) is 17.1 Å². The Hall–Kier alpha value is -2.42. The molecule has 25 heavy (non-hydrogen) atoms. The van der Waals surface area contributed by atoms with Crippen molar-refractivity contribution in [3.05, 3.63) is 47.2 Å². The van der Waals surface area contributed by atoms with Crippen LogP contribution >= 0.6 is 11.8 Å². The van der Waals surface area contributed by atoms with E-state index in [1.165, 1.54) is 0 Å². The number of aliphatic carboxylic acids is 1. The third-order valence-corrected chi connectivity index (χ3v) is 5.29. The number of amides is 2. The molecule has 0 aromatic heterocycles. The molecule has 0 radical (unpaired) electrons. The lowest BCUT2D eigenvalue weighted by Gasteiger charge is -2.49. The van der Waals surface area contributed by atoms with Crippen LogP contribution < -0.4 is 5.32 Å². The predicted octanol–water partition coefficient (Wildman–Crippen LogP) is 1.23. The summed E-state index contributed by atoms with van der Waals surface area (Å²) in [5.41, 5.74) is -0.473. The van der Waals surface area contributed by atoms with Gasteiger partial charge in [-0.2, -0.15) is 0 Å². The summed E-state index contributed by atoms with van der Waals surface area (Å²) in [5, 5.41) is 11.1. The Balaban J connectivity index is 1.71. The topological polar surface area (TPSA) is 86.7 Å². The monoisotopic (exact) mass is 368 g/mol. The quantitative estimate of drug-likeness (QED) is 0.764. The first-order valence-electron chi connectivity index (χ1n) is 7.42. The van der Waals surface area contributed by atoms with Crippen LogP contribution in [0.4, 0.5) is 8.78 Å². The fraction of sp³-hybridized carbons (Fsp3) is 0.312. The van der Waals surface area contributed by atoms with E-state index < -0.39 is 41.0 Å². The molecule has 0 saturated carbocycles. The summed E-state index contributed by atoms with van der Waals surface area (Å²) in [5.74, 6) is -2.83. The zero-order valence-corrected chi connectivity index (χ0v) is 13.6. The van der Waals surface area contributed by atoms with Gasteiger partial charge in [-0.1, -0.05) is 30.3 Å². The van der Waals surface area contributed by atoms with Gasteiger partial charge in [0.15, 0.2) is 0 Å². The molecular formula is C16H14F2N2O4S. The summed E-state index contributed by atoms with van der Waals surface area (Å²) in [7, 11) is 0. The maximum absolute atomic E-state index is 13.0. The number of fused-ring (bicyclic) bond motifs is 1. The number of nitrogens with zero attached hydrogens (tertiary/aromatic N) is 1. The van der Waals surface area contributed by atoms with Crippen LogP contribution in [-0.4, -0.2) is 51.4 Å². The Bertz CT molecular complexity index is 754. The molecule has 132 valence electrons. The molecule has 1 unspecified atom stereocenters. The Morgan fingerprint density at radius 1 is 1.32 bits per heavy atom. The molecule has 1 fully saturated rings. The number of carboxylic acid groups (broad SMARTS) is 1. The normalized spacial score (nSPS) is 22.5. The minimum atomic E-state index is -2.95. The highest BCUT2D eigenvalue weighted by Gasteiger charge is 2.54. The Morgan fingerprint density at radius 2 is 2.00 bits per heavy atom. The molecule has 2 amide bonds. The molecule has 6 nitrogen and oxygen atoms in total. The lowest BCUT2D eigenvalue weighted by Crippen LogP contribution is -2.70. The van der Waals surface area contributed by atoms with Crippen molar-refractivity contribution in [1.29, 1.82) is 0 Å². The minimum absolute atomic E-state index is 0.0753. The standard InChI is InChI=1S/C16H14F2N2O4S/c17-13(18)9-7-25-15-11(14(22)20(15)12(9)16(23)24)19-10(21)6-8-4-2-1-3-5-8/h1-5,11,13,15H,6-7H2,(H,19,21)(H,23,24)/t11?,15-/m1/s1. The van der Waals surface area contributed by atoms with Gasteiger partial charge in [0, 0.05) is 11.3 Å². The predicted molar refractivity (Wildman–Crippen MR) is 85.8 cm³/mol. The largest absolute Gasteiger partial charge is 0.477 e. The Labute approximate surface area is 145 Å². The van der Waals surface area contributed by atoms with Gasteiger partial charge < -0.3 is 10.4 Å². The van der Waals surface area contributed by atoms with Crippen LogP contribution in [0.1, 0.15) is 5.56 Å². The van der Waals surface area contributed by atoms with E-state index in [2.05, 4.69) is 5.32 Å². The van der Waals surface area contributed by atoms with Gasteiger partial charge in [-0.3, -0.25) is 14.5 Å². The average molecular weight is 368 g/mol. The highest BCUT2D eigenvalue weighted by Crippen LogP contribution is 2.41. The first-order chi connectivity index (χ1) is 11.9. The van der Waals surface area contributed by atoms with Gasteiger partial charge in [0.25, 0.3) is 12.3 Å². The molecule has 1 aromatic rings. The van der Waals surface area contributed by atoms with E-state index >= 15 is 0 Å². The van der Waals surface area contributed by atoms with Crippen LogP contribution in [0.2, 0.25) is 0 Å². The van der Waals surface area contributed by atoms with Gasteiger partial charge in [-0.05, 0) is 5.56 Å². The number of hydrogen-bond acceptors (Lipinski definition) is 4. The van der Waals surface area contributed by atoms with Crippen molar-refractivity contribution in [1.82, 2.24) is 10.2 Å². The van der Waals surface area contributed by atoms with Gasteiger partial charge in [0.05, 0.1) is 6.42 Å². The minimum Gasteiger partial charge on any atom is -0.477 e. The maximum Gasteiger partial charge on any atom is 0.352 e. The SMILES string of the molecule is O=C(Cc1ccccc1)NC1C(=O)N2C(C(=O)O)=C(C(F)F)CS[C@H]12. The zero-order valence-electron chi connectivity index (χ0n) is 12.8. The van der Waals surface area contributed by atoms with Gasteiger partial charge in [-0.25, -0.2) is 13.6 Å². The number of carboxylic acids is 1. The molecule has 0 bridgehead atoms. The second-order valence-corrected chi connectivity index (χ2v) is 6.70. The van der Waals surface area contributed by atoms with Crippen LogP contribution in [0, 0.1) is 0 Å². The Kier molecular flexibility index (Phi) is 4.76. The van der Waals surface area contributed by atoms with Crippen molar-refractivity contribution in [3.8, 4) is 0 Å². The molecule has 0 aliphatic carbocycles. The summed E-state index contributed by atoms with van der Waals surface area (Å²) in [6.45, 7) is 0. The Morgan fingerprint density at radius 3 is 2.60 bits per heavy atom. The molecular weight excluding hydrogens is 354 g/mol. The second-order valence-electron chi connectivity index (χ2n) is 5.60. The highest BCUT2D eigenvalue weighted by molar-refractivity contribution is 8.00. The second kappa shape index (κ2) is 6.83. The summed E-state index contributed by atoms with van der Waals surface area (Å²) in [6, 6.07) is 8.01. The van der Waals surface area contributed by atoms with E-state index in [0.29, 0.717) is 0 Å². The van der Waals surface area contributed by atoms with E-state index in [1.807, 2.05) is 6.07 Å². The van der Waals surface area contributed by atoms with E-state index in [-0.39, 0.29) is 18.1 Å². The van der Waals surface area contributed by atoms with Crippen LogP contribution in [0.3, 0.4) is 0 Å². The summed E-state index contributed by atoms with van der Waals surface area (Å²) in [4.78, 5) is 36.4. The number of carbonyl (C=O) groups excluding carboxylic acids is 2. The molecule has 2 atom stereocenters. The van der Waals surface area contributed by atoms with Gasteiger partial charge >= 0.3 is 5.97 Å². The van der Waals surface area contributed by atoms with Crippen molar-refractivity contribution in [3.63, 3.8) is 0 Å². The van der Waals surface area contributed by atoms with E-state index in [4.69, 9.17) is 0 Å². The highest BCUT2D eigenvalue weighted by atomic mass is 32.2. The number of thioether (sulfide) groups is 1. The van der Waals surface area contributed by atoms with Crippen LogP contribution in [0.15, 0.2) is 41.6 Å². The third kappa shape index (κ3) is 3.23. The summed E-state index contributed by atoms with van der Waals surface area (Å²) in [6.07, 6.45) is -2.87. The van der Waals surface area contributed by atoms with E-state index in [1.54, 1.807) is 24.3 Å². The molecule has 3 rings (SSSR count). The number of alkyl halides is 2. The summed E-state index contributed by atoms with van der Waals surface area (Å²) >= 11 is 1.02. The molecule has 2 N–H and O–H groups in total. The molecule has 1 saturated heterocycles. The fourth-order valence-corrected chi connectivity index (χ4v) is 4.16. The molecule has 1 aromatic carbocycles. The maximum atomic E-state index is 13.0. The zero-order chi connectivity index (χ0) is 18.1. The van der Waals surface area contributed by atoms with E-state index in [0.717, 1.165) is 22.2 Å². The average Bonchev–Trinajstić information content (AvgIpc) is 2.58. The first-order valence-corrected chi connectivity index (χ1v) is 8.47. The number of rotatable bonds is 5. The smallest absolute Gasteiger partial charge is 0.352 e. The van der Waals surface area contributed by atoms with Crippen molar-refractivity contribution < 1.29 is 28.3 Å². The number of nitrogens with one attached hydrogen (secondary N) is 1. The molecule has 0 spiro atoms. The lowest BCUT2D eigenvalue weighted by atomic mass is 10.0. The van der Waals surface area contributed by atoms with Crippen molar-refractivity contribution >= 4 is 29.5 Å². The number of carbonyl (C=O) groups is 3. The number of β-lactam (4-membered cyclic amide) rings is 1. The number of halogens is 2. The number of hydrogen-bond donors (Lipinski definition) is 2. The van der Waals surface area contributed by atoms with Gasteiger partial charge in [0.2, 0.25) is 5.91 Å². The molecule has 2 heterocycles. The van der Waals surface area contributed by atoms with Crippen LogP contribution in [-0.2, 0) is 20.8 Å². The fourth-order valence-electron chi connectivity index (χ4n) is 2.82.